The number of rotatable bonds is 5. The van der Waals surface area contributed by atoms with Crippen LogP contribution in [0.3, 0.4) is 0 Å². The number of benzene rings is 1. The molecule has 0 unspecified atom stereocenters. The molecule has 2 N–H and O–H groups in total. The van der Waals surface area contributed by atoms with Crippen molar-refractivity contribution in [1.82, 2.24) is 19.8 Å². The van der Waals surface area contributed by atoms with Crippen molar-refractivity contribution in [3.05, 3.63) is 58.9 Å². The number of para-hydroxylation sites is 2. The third-order valence-corrected chi connectivity index (χ3v) is 5.18. The number of piperidine rings is 1. The quantitative estimate of drug-likeness (QED) is 0.704. The van der Waals surface area contributed by atoms with Crippen molar-refractivity contribution in [3.8, 4) is 0 Å². The van der Waals surface area contributed by atoms with Crippen LogP contribution in [0.25, 0.3) is 11.0 Å². The van der Waals surface area contributed by atoms with E-state index in [1.165, 1.54) is 6.26 Å². The zero-order valence-electron chi connectivity index (χ0n) is 15.4. The second kappa shape index (κ2) is 7.75. The van der Waals surface area contributed by atoms with Gasteiger partial charge >= 0.3 is 5.69 Å². The monoisotopic (exact) mass is 382 g/mol. The number of aromatic amines is 1. The molecule has 146 valence electrons. The Morgan fingerprint density at radius 2 is 1.93 bits per heavy atom. The predicted octanol–water partition coefficient (Wildman–Crippen LogP) is 1.91. The largest absolute Gasteiger partial charge is 0.459 e. The van der Waals surface area contributed by atoms with Crippen LogP contribution in [0.4, 0.5) is 0 Å². The molecule has 1 saturated heterocycles. The van der Waals surface area contributed by atoms with E-state index >= 15 is 0 Å². The second-order valence-corrected chi connectivity index (χ2v) is 6.91. The van der Waals surface area contributed by atoms with Gasteiger partial charge in [-0.15, -0.1) is 0 Å². The topological polar surface area (TPSA) is 100 Å². The number of H-pyrrole nitrogens is 1. The summed E-state index contributed by atoms with van der Waals surface area (Å²) < 4.78 is 6.82. The van der Waals surface area contributed by atoms with Gasteiger partial charge in [0.2, 0.25) is 5.91 Å². The van der Waals surface area contributed by atoms with Crippen LogP contribution >= 0.6 is 0 Å². The summed E-state index contributed by atoms with van der Waals surface area (Å²) in [5.74, 6) is -0.0860. The Labute approximate surface area is 161 Å². The zero-order chi connectivity index (χ0) is 19.5. The van der Waals surface area contributed by atoms with E-state index in [9.17, 15) is 14.4 Å². The van der Waals surface area contributed by atoms with E-state index in [2.05, 4.69) is 10.3 Å². The molecule has 4 rings (SSSR count). The van der Waals surface area contributed by atoms with Gasteiger partial charge < -0.3 is 19.6 Å². The lowest BCUT2D eigenvalue weighted by Gasteiger charge is -2.32. The average molecular weight is 382 g/mol. The third-order valence-electron chi connectivity index (χ3n) is 5.18. The van der Waals surface area contributed by atoms with Gasteiger partial charge in [-0.3, -0.25) is 14.2 Å². The normalized spacial score (nSPS) is 15.1. The molecule has 3 heterocycles. The molecular formula is C20H22N4O4. The minimum atomic E-state index is -0.324. The smallest absolute Gasteiger partial charge is 0.326 e. The number of nitrogens with zero attached hydrogens (tertiary/aromatic N) is 2. The molecule has 0 radical (unpaired) electrons. The summed E-state index contributed by atoms with van der Waals surface area (Å²) in [6.07, 6.45) is 3.13. The first-order valence-corrected chi connectivity index (χ1v) is 9.42. The number of fused-ring (bicyclic) bond motifs is 1. The highest BCUT2D eigenvalue weighted by Crippen LogP contribution is 2.25. The van der Waals surface area contributed by atoms with Crippen LogP contribution < -0.4 is 11.0 Å². The molecule has 0 aliphatic carbocycles. The van der Waals surface area contributed by atoms with Crippen LogP contribution in [0.2, 0.25) is 0 Å². The second-order valence-electron chi connectivity index (χ2n) is 6.91. The highest BCUT2D eigenvalue weighted by Gasteiger charge is 2.25. The van der Waals surface area contributed by atoms with E-state index in [4.69, 9.17) is 4.42 Å². The number of aromatic nitrogens is 2. The molecule has 1 aliphatic rings. The van der Waals surface area contributed by atoms with Crippen molar-refractivity contribution in [2.24, 2.45) is 0 Å². The summed E-state index contributed by atoms with van der Waals surface area (Å²) in [4.78, 5) is 41.3. The zero-order valence-corrected chi connectivity index (χ0v) is 15.4. The molecule has 3 aromatic rings. The van der Waals surface area contributed by atoms with Crippen molar-refractivity contribution >= 4 is 22.8 Å². The lowest BCUT2D eigenvalue weighted by atomic mass is 10.0. The Balaban J connectivity index is 1.30. The molecule has 1 fully saturated rings. The molecule has 1 aliphatic heterocycles. The van der Waals surface area contributed by atoms with Crippen molar-refractivity contribution in [3.63, 3.8) is 0 Å². The fourth-order valence-electron chi connectivity index (χ4n) is 3.75. The van der Waals surface area contributed by atoms with E-state index in [0.29, 0.717) is 13.1 Å². The number of nitrogens with one attached hydrogen (secondary N) is 2. The minimum absolute atomic E-state index is 0.00414. The van der Waals surface area contributed by atoms with Crippen LogP contribution in [0.1, 0.15) is 35.9 Å². The molecule has 28 heavy (non-hydrogen) atoms. The van der Waals surface area contributed by atoms with Gasteiger partial charge in [0, 0.05) is 32.1 Å². The molecule has 0 spiro atoms. The van der Waals surface area contributed by atoms with Crippen molar-refractivity contribution in [1.29, 1.82) is 0 Å². The number of imidazole rings is 1. The molecule has 0 atom stereocenters. The lowest BCUT2D eigenvalue weighted by molar-refractivity contribution is -0.132. The number of hydrogen-bond donors (Lipinski definition) is 2. The van der Waals surface area contributed by atoms with Gasteiger partial charge in [-0.1, -0.05) is 12.1 Å². The number of hydrogen-bond acceptors (Lipinski definition) is 4. The summed E-state index contributed by atoms with van der Waals surface area (Å²) in [5, 5.41) is 2.68. The highest BCUT2D eigenvalue weighted by molar-refractivity contribution is 5.91. The molecular weight excluding hydrogens is 360 g/mol. The van der Waals surface area contributed by atoms with Crippen LogP contribution in [0.15, 0.2) is 51.9 Å². The van der Waals surface area contributed by atoms with Gasteiger partial charge in [-0.05, 0) is 37.1 Å². The van der Waals surface area contributed by atoms with E-state index in [1.54, 1.807) is 21.6 Å². The summed E-state index contributed by atoms with van der Waals surface area (Å²) in [6.45, 7) is 1.46. The highest BCUT2D eigenvalue weighted by atomic mass is 16.3. The summed E-state index contributed by atoms with van der Waals surface area (Å²) in [5.41, 5.74) is 1.63. The van der Waals surface area contributed by atoms with Crippen molar-refractivity contribution in [2.45, 2.75) is 25.3 Å². The molecule has 2 aromatic heterocycles. The summed E-state index contributed by atoms with van der Waals surface area (Å²) in [7, 11) is 0. The van der Waals surface area contributed by atoms with E-state index < -0.39 is 0 Å². The summed E-state index contributed by atoms with van der Waals surface area (Å²) >= 11 is 0. The third kappa shape index (κ3) is 3.58. The molecule has 8 heteroatoms. The number of amides is 2. The fraction of sp³-hybridized carbons (Fsp3) is 0.350. The molecule has 0 saturated carbocycles. The number of furan rings is 1. The van der Waals surface area contributed by atoms with Crippen LogP contribution in [-0.2, 0) is 4.79 Å². The first kappa shape index (κ1) is 18.1. The van der Waals surface area contributed by atoms with Crippen LogP contribution in [-0.4, -0.2) is 45.9 Å². The Bertz CT molecular complexity index is 1030. The molecule has 0 bridgehead atoms. The summed E-state index contributed by atoms with van der Waals surface area (Å²) in [6, 6.07) is 10.9. The Morgan fingerprint density at radius 3 is 2.68 bits per heavy atom. The van der Waals surface area contributed by atoms with E-state index in [-0.39, 0.29) is 42.3 Å². The fourth-order valence-corrected chi connectivity index (χ4v) is 3.75. The van der Waals surface area contributed by atoms with Gasteiger partial charge in [0.1, 0.15) is 0 Å². The predicted molar refractivity (Wildman–Crippen MR) is 103 cm³/mol. The standard InChI is InChI=1S/C20H22N4O4/c25-18(7-10-21-19(26)17-6-3-13-28-17)23-11-8-14(9-12-23)24-16-5-2-1-4-15(16)22-20(24)27/h1-6,13-14H,7-12H2,(H,21,26)(H,22,27). The van der Waals surface area contributed by atoms with E-state index in [1.807, 2.05) is 24.3 Å². The number of likely N-dealkylation sites (tertiary alicyclic amines) is 1. The van der Waals surface area contributed by atoms with Crippen molar-refractivity contribution in [2.75, 3.05) is 19.6 Å². The number of carbonyl (C=O) groups excluding carboxylic acids is 2. The van der Waals surface area contributed by atoms with E-state index in [0.717, 1.165) is 23.9 Å². The number of carbonyl (C=O) groups is 2. The Hall–Kier alpha value is -3.29. The Morgan fingerprint density at radius 1 is 1.14 bits per heavy atom. The molecule has 8 nitrogen and oxygen atoms in total. The van der Waals surface area contributed by atoms with Crippen LogP contribution in [0.5, 0.6) is 0 Å². The van der Waals surface area contributed by atoms with Gasteiger partial charge in [-0.2, -0.15) is 0 Å². The average Bonchev–Trinajstić information content (AvgIpc) is 3.35. The van der Waals surface area contributed by atoms with Gasteiger partial charge in [0.15, 0.2) is 5.76 Å². The van der Waals surface area contributed by atoms with Gasteiger partial charge in [0.05, 0.1) is 17.3 Å². The van der Waals surface area contributed by atoms with Gasteiger partial charge in [-0.25, -0.2) is 4.79 Å². The first-order valence-electron chi connectivity index (χ1n) is 9.42. The molecule has 1 aromatic carbocycles. The maximum Gasteiger partial charge on any atom is 0.326 e. The van der Waals surface area contributed by atoms with Crippen molar-refractivity contribution < 1.29 is 14.0 Å². The maximum atomic E-state index is 12.4. The molecule has 2 amide bonds. The SMILES string of the molecule is O=C(NCCC(=O)N1CCC(n2c(=O)[nH]c3ccccc32)CC1)c1ccco1. The minimum Gasteiger partial charge on any atom is -0.459 e. The maximum absolute atomic E-state index is 12.4. The first-order chi connectivity index (χ1) is 13.6. The Kier molecular flexibility index (Phi) is 5.01. The lowest BCUT2D eigenvalue weighted by Crippen LogP contribution is -2.41. The van der Waals surface area contributed by atoms with Crippen LogP contribution in [0, 0.1) is 0 Å². The van der Waals surface area contributed by atoms with Gasteiger partial charge in [0.25, 0.3) is 5.91 Å².